The second-order valence-electron chi connectivity index (χ2n) is 7.20. The van der Waals surface area contributed by atoms with Crippen LogP contribution < -0.4 is 5.32 Å². The SMILES string of the molecule is C=C1c2ccccc2C(=O)N1CC(=O)Nc1sc2c(c1C(=O)OCC)CCS(=O)(=O)C2. The second kappa shape index (κ2) is 7.93. The number of carbonyl (C=O) groups excluding carboxylic acids is 3. The zero-order chi connectivity index (χ0) is 22.3. The summed E-state index contributed by atoms with van der Waals surface area (Å²) >= 11 is 1.06. The highest BCUT2D eigenvalue weighted by Crippen LogP contribution is 2.38. The van der Waals surface area contributed by atoms with Crippen LogP contribution in [-0.4, -0.2) is 50.0 Å². The molecule has 2 aliphatic heterocycles. The number of hydrogen-bond donors (Lipinski definition) is 1. The maximum atomic E-state index is 12.8. The summed E-state index contributed by atoms with van der Waals surface area (Å²) in [6, 6.07) is 6.97. The van der Waals surface area contributed by atoms with Crippen molar-refractivity contribution in [3.8, 4) is 0 Å². The third kappa shape index (κ3) is 3.88. The highest BCUT2D eigenvalue weighted by Gasteiger charge is 2.34. The first-order valence-corrected chi connectivity index (χ1v) is 12.3. The van der Waals surface area contributed by atoms with Crippen molar-refractivity contribution in [1.29, 1.82) is 0 Å². The van der Waals surface area contributed by atoms with E-state index in [4.69, 9.17) is 4.74 Å². The summed E-state index contributed by atoms with van der Waals surface area (Å²) in [5, 5.41) is 2.91. The number of amides is 2. The number of fused-ring (bicyclic) bond motifs is 2. The van der Waals surface area contributed by atoms with E-state index in [9.17, 15) is 22.8 Å². The molecule has 0 aliphatic carbocycles. The minimum absolute atomic E-state index is 0.0586. The Morgan fingerprint density at radius 2 is 1.97 bits per heavy atom. The Morgan fingerprint density at radius 1 is 1.26 bits per heavy atom. The van der Waals surface area contributed by atoms with Crippen molar-refractivity contribution < 1.29 is 27.5 Å². The Balaban J connectivity index is 1.59. The topological polar surface area (TPSA) is 110 Å². The molecule has 0 saturated carbocycles. The van der Waals surface area contributed by atoms with Gasteiger partial charge in [0.05, 0.1) is 23.7 Å². The number of thiophene rings is 1. The van der Waals surface area contributed by atoms with E-state index >= 15 is 0 Å². The van der Waals surface area contributed by atoms with Crippen molar-refractivity contribution in [2.75, 3.05) is 24.2 Å². The lowest BCUT2D eigenvalue weighted by Gasteiger charge is -2.17. The first-order valence-electron chi connectivity index (χ1n) is 9.64. The van der Waals surface area contributed by atoms with Crippen molar-refractivity contribution in [3.05, 3.63) is 58.0 Å². The van der Waals surface area contributed by atoms with Crippen LogP contribution >= 0.6 is 11.3 Å². The lowest BCUT2D eigenvalue weighted by molar-refractivity contribution is -0.116. The molecule has 1 aromatic carbocycles. The molecule has 162 valence electrons. The molecule has 8 nitrogen and oxygen atoms in total. The quantitative estimate of drug-likeness (QED) is 0.687. The van der Waals surface area contributed by atoms with Gasteiger partial charge in [-0.05, 0) is 25.0 Å². The Bertz CT molecular complexity index is 1190. The summed E-state index contributed by atoms with van der Waals surface area (Å²) in [5.74, 6) is -1.68. The molecule has 31 heavy (non-hydrogen) atoms. The van der Waals surface area contributed by atoms with E-state index in [1.54, 1.807) is 31.2 Å². The third-order valence-corrected chi connectivity index (χ3v) is 8.06. The van der Waals surface area contributed by atoms with E-state index in [0.29, 0.717) is 27.3 Å². The van der Waals surface area contributed by atoms with E-state index in [1.165, 1.54) is 4.90 Å². The van der Waals surface area contributed by atoms with E-state index in [-0.39, 0.29) is 47.5 Å². The van der Waals surface area contributed by atoms with Crippen LogP contribution in [0.2, 0.25) is 0 Å². The van der Waals surface area contributed by atoms with Gasteiger partial charge in [-0.2, -0.15) is 0 Å². The first-order chi connectivity index (χ1) is 14.7. The van der Waals surface area contributed by atoms with Crippen molar-refractivity contribution >= 4 is 49.7 Å². The highest BCUT2D eigenvalue weighted by atomic mass is 32.2. The summed E-state index contributed by atoms with van der Waals surface area (Å²) in [7, 11) is -3.25. The molecule has 0 spiro atoms. The monoisotopic (exact) mass is 460 g/mol. The third-order valence-electron chi connectivity index (χ3n) is 5.18. The normalized spacial score (nSPS) is 16.6. The number of anilines is 1. The Kier molecular flexibility index (Phi) is 5.44. The Morgan fingerprint density at radius 3 is 2.65 bits per heavy atom. The predicted octanol–water partition coefficient (Wildman–Crippen LogP) is 2.46. The minimum Gasteiger partial charge on any atom is -0.462 e. The van der Waals surface area contributed by atoms with Crippen molar-refractivity contribution in [3.63, 3.8) is 0 Å². The van der Waals surface area contributed by atoms with E-state index in [0.717, 1.165) is 11.3 Å². The fraction of sp³-hybridized carbons (Fsp3) is 0.286. The maximum Gasteiger partial charge on any atom is 0.341 e. The van der Waals surface area contributed by atoms with Crippen LogP contribution in [0.3, 0.4) is 0 Å². The molecule has 0 unspecified atom stereocenters. The minimum atomic E-state index is -3.25. The van der Waals surface area contributed by atoms with Crippen LogP contribution in [0.4, 0.5) is 5.00 Å². The van der Waals surface area contributed by atoms with Gasteiger partial charge in [0.15, 0.2) is 9.84 Å². The molecule has 10 heteroatoms. The molecule has 0 fully saturated rings. The summed E-state index contributed by atoms with van der Waals surface area (Å²) < 4.78 is 29.1. The van der Waals surface area contributed by atoms with Crippen LogP contribution in [0.5, 0.6) is 0 Å². The molecule has 1 aromatic heterocycles. The van der Waals surface area contributed by atoms with Gasteiger partial charge in [-0.3, -0.25) is 14.5 Å². The van der Waals surface area contributed by atoms with Crippen molar-refractivity contribution in [2.45, 2.75) is 19.1 Å². The summed E-state index contributed by atoms with van der Waals surface area (Å²) in [6.45, 7) is 5.45. The molecule has 1 N–H and O–H groups in total. The van der Waals surface area contributed by atoms with Gasteiger partial charge in [0.25, 0.3) is 5.91 Å². The molecule has 2 amide bonds. The van der Waals surface area contributed by atoms with E-state index in [2.05, 4.69) is 11.9 Å². The van der Waals surface area contributed by atoms with Gasteiger partial charge in [-0.25, -0.2) is 13.2 Å². The van der Waals surface area contributed by atoms with Crippen molar-refractivity contribution in [1.82, 2.24) is 4.90 Å². The van der Waals surface area contributed by atoms with Crippen LogP contribution in [0.25, 0.3) is 5.70 Å². The molecule has 3 heterocycles. The molecule has 2 aromatic rings. The zero-order valence-electron chi connectivity index (χ0n) is 16.8. The van der Waals surface area contributed by atoms with Gasteiger partial charge in [-0.15, -0.1) is 11.3 Å². The van der Waals surface area contributed by atoms with Gasteiger partial charge in [0.1, 0.15) is 11.5 Å². The second-order valence-corrected chi connectivity index (χ2v) is 10.5. The van der Waals surface area contributed by atoms with Gasteiger partial charge < -0.3 is 10.1 Å². The average molecular weight is 461 g/mol. The molecule has 0 bridgehead atoms. The zero-order valence-corrected chi connectivity index (χ0v) is 18.4. The lowest BCUT2D eigenvalue weighted by atomic mass is 10.1. The van der Waals surface area contributed by atoms with Crippen LogP contribution in [0, 0.1) is 0 Å². The van der Waals surface area contributed by atoms with Crippen LogP contribution in [-0.2, 0) is 31.5 Å². The first kappa shape index (κ1) is 21.3. The molecule has 4 rings (SSSR count). The number of sulfone groups is 1. The van der Waals surface area contributed by atoms with Crippen molar-refractivity contribution in [2.24, 2.45) is 0 Å². The number of esters is 1. The number of rotatable bonds is 5. The lowest BCUT2D eigenvalue weighted by Crippen LogP contribution is -2.32. The standard InChI is InChI=1S/C21H20N2O6S2/c1-3-29-21(26)18-15-8-9-31(27,28)11-16(15)30-19(18)22-17(24)10-23-12(2)13-6-4-5-7-14(13)20(23)25/h4-7H,2-3,8-11H2,1H3,(H,22,24). The molecular weight excluding hydrogens is 440 g/mol. The maximum absolute atomic E-state index is 12.8. The van der Waals surface area contributed by atoms with E-state index < -0.39 is 21.7 Å². The predicted molar refractivity (Wildman–Crippen MR) is 117 cm³/mol. The molecule has 0 saturated heterocycles. The molecule has 0 atom stereocenters. The Hall–Kier alpha value is -2.98. The van der Waals surface area contributed by atoms with E-state index in [1.807, 2.05) is 0 Å². The number of carbonyl (C=O) groups is 3. The van der Waals surface area contributed by atoms with Gasteiger partial charge in [0.2, 0.25) is 5.91 Å². The highest BCUT2D eigenvalue weighted by molar-refractivity contribution is 7.90. The van der Waals surface area contributed by atoms with Crippen LogP contribution in [0.15, 0.2) is 30.8 Å². The number of nitrogens with one attached hydrogen (secondary N) is 1. The average Bonchev–Trinajstić information content (AvgIpc) is 3.17. The fourth-order valence-electron chi connectivity index (χ4n) is 3.74. The summed E-state index contributed by atoms with van der Waals surface area (Å²) in [6.07, 6.45) is 0.189. The number of ether oxygens (including phenoxy) is 1. The largest absolute Gasteiger partial charge is 0.462 e. The number of hydrogen-bond acceptors (Lipinski definition) is 7. The smallest absolute Gasteiger partial charge is 0.341 e. The fourth-order valence-corrected chi connectivity index (χ4v) is 6.80. The summed E-state index contributed by atoms with van der Waals surface area (Å²) in [4.78, 5) is 39.8. The van der Waals surface area contributed by atoms with Gasteiger partial charge >= 0.3 is 5.97 Å². The molecule has 2 aliphatic rings. The summed E-state index contributed by atoms with van der Waals surface area (Å²) in [5.41, 5.74) is 2.37. The van der Waals surface area contributed by atoms with Crippen LogP contribution in [0.1, 0.15) is 43.6 Å². The number of benzene rings is 1. The van der Waals surface area contributed by atoms with Gasteiger partial charge in [0, 0.05) is 21.7 Å². The molecule has 0 radical (unpaired) electrons. The molecular formula is C21H20N2O6S2. The number of nitrogens with zero attached hydrogens (tertiary/aromatic N) is 1. The van der Waals surface area contributed by atoms with Gasteiger partial charge in [-0.1, -0.05) is 24.8 Å². The Labute approximate surface area is 183 Å².